The molecule has 3 aromatic rings. The Hall–Kier alpha value is -3.05. The molecule has 4 fully saturated rings. The SMILES string of the molecule is O=C(O)c1ccc2cc(-c3cc4c(c(C56CC7CC(C5)C5(C7)CC5O6)c3)OCO4)ccc2c1. The zero-order valence-electron chi connectivity index (χ0n) is 18.2. The third kappa shape index (κ3) is 2.38. The number of ether oxygens (including phenoxy) is 3. The fourth-order valence-electron chi connectivity index (χ4n) is 7.63. The van der Waals surface area contributed by atoms with Gasteiger partial charge in [-0.15, -0.1) is 0 Å². The van der Waals surface area contributed by atoms with Crippen LogP contribution in [-0.4, -0.2) is 24.0 Å². The monoisotopic (exact) mass is 440 g/mol. The van der Waals surface area contributed by atoms with E-state index in [-0.39, 0.29) is 12.4 Å². The summed E-state index contributed by atoms with van der Waals surface area (Å²) in [6.45, 7) is 0.248. The van der Waals surface area contributed by atoms with Crippen molar-refractivity contribution in [1.29, 1.82) is 0 Å². The summed E-state index contributed by atoms with van der Waals surface area (Å²) in [5, 5.41) is 11.2. The standard InChI is InChI=1S/C28H24O5/c29-26(30)19-4-3-16-6-18(2-1-17(16)7-19)20-8-22(25-23(9-20)31-14-32-25)28-11-15-5-21(12-28)27(10-15)13-24(27)33-28/h1-4,6-9,15,21,24H,5,10-14H2,(H,29,30). The predicted molar refractivity (Wildman–Crippen MR) is 122 cm³/mol. The molecule has 0 aromatic heterocycles. The molecule has 1 saturated heterocycles. The van der Waals surface area contributed by atoms with Gasteiger partial charge in [-0.1, -0.05) is 18.2 Å². The minimum atomic E-state index is -0.908. The first-order valence-corrected chi connectivity index (χ1v) is 11.9. The van der Waals surface area contributed by atoms with Crippen LogP contribution in [0.5, 0.6) is 11.5 Å². The van der Waals surface area contributed by atoms with Crippen molar-refractivity contribution in [3.05, 3.63) is 59.7 Å². The van der Waals surface area contributed by atoms with Gasteiger partial charge in [0.25, 0.3) is 0 Å². The van der Waals surface area contributed by atoms with Crippen molar-refractivity contribution in [3.8, 4) is 22.6 Å². The van der Waals surface area contributed by atoms with Crippen molar-refractivity contribution in [2.75, 3.05) is 6.79 Å². The highest BCUT2D eigenvalue weighted by molar-refractivity contribution is 5.95. The number of carbonyl (C=O) groups is 1. The summed E-state index contributed by atoms with van der Waals surface area (Å²) in [5.41, 5.74) is 3.84. The van der Waals surface area contributed by atoms with E-state index in [9.17, 15) is 9.90 Å². The highest BCUT2D eigenvalue weighted by Crippen LogP contribution is 2.76. The normalized spacial score (nSPS) is 34.5. The molecule has 3 aliphatic carbocycles. The number of benzene rings is 3. The lowest BCUT2D eigenvalue weighted by molar-refractivity contribution is -0.139. The molecule has 2 aliphatic heterocycles. The molecule has 3 saturated carbocycles. The van der Waals surface area contributed by atoms with Crippen LogP contribution < -0.4 is 9.47 Å². The van der Waals surface area contributed by atoms with Crippen LogP contribution in [0.3, 0.4) is 0 Å². The van der Waals surface area contributed by atoms with E-state index in [1.807, 2.05) is 12.1 Å². The molecule has 5 nitrogen and oxygen atoms in total. The lowest BCUT2D eigenvalue weighted by Gasteiger charge is -2.45. The largest absolute Gasteiger partial charge is 0.478 e. The van der Waals surface area contributed by atoms with Crippen molar-refractivity contribution in [2.45, 2.75) is 43.8 Å². The van der Waals surface area contributed by atoms with Crippen LogP contribution in [0.15, 0.2) is 48.5 Å². The van der Waals surface area contributed by atoms with Gasteiger partial charge in [-0.3, -0.25) is 0 Å². The summed E-state index contributed by atoms with van der Waals surface area (Å²) in [5.74, 6) is 2.28. The van der Waals surface area contributed by atoms with Gasteiger partial charge in [-0.2, -0.15) is 0 Å². The van der Waals surface area contributed by atoms with Gasteiger partial charge < -0.3 is 19.3 Å². The Morgan fingerprint density at radius 3 is 2.70 bits per heavy atom. The number of aromatic carboxylic acids is 1. The molecule has 33 heavy (non-hydrogen) atoms. The number of hydrogen-bond donors (Lipinski definition) is 1. The maximum Gasteiger partial charge on any atom is 0.335 e. The molecular formula is C28H24O5. The number of fused-ring (bicyclic) bond motifs is 4. The maximum atomic E-state index is 11.3. The first kappa shape index (κ1) is 18.4. The first-order chi connectivity index (χ1) is 16.0. The molecule has 1 spiro atoms. The van der Waals surface area contributed by atoms with Crippen molar-refractivity contribution in [3.63, 3.8) is 0 Å². The number of carboxylic acid groups (broad SMARTS) is 1. The summed E-state index contributed by atoms with van der Waals surface area (Å²) in [6.07, 6.45) is 6.52. The van der Waals surface area contributed by atoms with Crippen molar-refractivity contribution >= 4 is 16.7 Å². The average molecular weight is 440 g/mol. The molecule has 166 valence electrons. The van der Waals surface area contributed by atoms with E-state index in [0.717, 1.165) is 63.6 Å². The van der Waals surface area contributed by atoms with Crippen LogP contribution >= 0.6 is 0 Å². The second-order valence-corrected chi connectivity index (χ2v) is 10.8. The fraction of sp³-hybridized carbons (Fsp3) is 0.393. The Balaban J connectivity index is 1.26. The fourth-order valence-corrected chi connectivity index (χ4v) is 7.63. The smallest absolute Gasteiger partial charge is 0.335 e. The second-order valence-electron chi connectivity index (χ2n) is 10.8. The Bertz CT molecular complexity index is 1370. The molecule has 2 heterocycles. The van der Waals surface area contributed by atoms with Gasteiger partial charge in [-0.05, 0) is 96.2 Å². The van der Waals surface area contributed by atoms with Crippen LogP contribution in [0.25, 0.3) is 21.9 Å². The predicted octanol–water partition coefficient (Wildman–Crippen LogP) is 5.74. The lowest BCUT2D eigenvalue weighted by atomic mass is 9.70. The summed E-state index contributed by atoms with van der Waals surface area (Å²) in [6, 6.07) is 15.8. The van der Waals surface area contributed by atoms with Gasteiger partial charge in [0.1, 0.15) is 0 Å². The van der Waals surface area contributed by atoms with Gasteiger partial charge in [0.2, 0.25) is 6.79 Å². The van der Waals surface area contributed by atoms with Crippen LogP contribution in [0, 0.1) is 17.3 Å². The Labute approximate surface area is 191 Å². The van der Waals surface area contributed by atoms with E-state index in [1.54, 1.807) is 12.1 Å². The summed E-state index contributed by atoms with van der Waals surface area (Å²) in [7, 11) is 0. The molecule has 5 aliphatic rings. The molecule has 0 radical (unpaired) electrons. The number of carboxylic acids is 1. The van der Waals surface area contributed by atoms with Gasteiger partial charge in [-0.25, -0.2) is 4.79 Å². The second kappa shape index (κ2) is 5.89. The summed E-state index contributed by atoms with van der Waals surface area (Å²) >= 11 is 0. The van der Waals surface area contributed by atoms with Crippen LogP contribution in [-0.2, 0) is 10.3 Å². The van der Waals surface area contributed by atoms with Gasteiger partial charge >= 0.3 is 5.97 Å². The van der Waals surface area contributed by atoms with E-state index in [0.29, 0.717) is 17.1 Å². The van der Waals surface area contributed by atoms with Gasteiger partial charge in [0, 0.05) is 11.0 Å². The topological polar surface area (TPSA) is 65.0 Å². The lowest BCUT2D eigenvalue weighted by Crippen LogP contribution is -2.42. The minimum Gasteiger partial charge on any atom is -0.478 e. The van der Waals surface area contributed by atoms with Crippen LogP contribution in [0.4, 0.5) is 0 Å². The molecule has 5 heteroatoms. The van der Waals surface area contributed by atoms with Gasteiger partial charge in [0.15, 0.2) is 11.5 Å². The summed E-state index contributed by atoms with van der Waals surface area (Å²) in [4.78, 5) is 11.3. The van der Waals surface area contributed by atoms with Crippen LogP contribution in [0.2, 0.25) is 0 Å². The Kier molecular flexibility index (Phi) is 3.28. The Morgan fingerprint density at radius 1 is 0.909 bits per heavy atom. The molecule has 3 bridgehead atoms. The van der Waals surface area contributed by atoms with E-state index in [4.69, 9.17) is 14.2 Å². The van der Waals surface area contributed by atoms with Crippen LogP contribution in [0.1, 0.15) is 48.0 Å². The van der Waals surface area contributed by atoms with Gasteiger partial charge in [0.05, 0.1) is 17.3 Å². The first-order valence-electron chi connectivity index (χ1n) is 11.9. The average Bonchev–Trinajstić information content (AvgIpc) is 3.20. The molecule has 5 unspecified atom stereocenters. The molecule has 5 atom stereocenters. The van der Waals surface area contributed by atoms with E-state index >= 15 is 0 Å². The summed E-state index contributed by atoms with van der Waals surface area (Å²) < 4.78 is 18.8. The zero-order chi connectivity index (χ0) is 21.9. The molecule has 0 amide bonds. The molecule has 1 N–H and O–H groups in total. The van der Waals surface area contributed by atoms with E-state index < -0.39 is 5.97 Å². The number of rotatable bonds is 3. The molecular weight excluding hydrogens is 416 g/mol. The van der Waals surface area contributed by atoms with E-state index in [1.165, 1.54) is 19.3 Å². The van der Waals surface area contributed by atoms with Crippen molar-refractivity contribution < 1.29 is 24.1 Å². The van der Waals surface area contributed by atoms with Crippen molar-refractivity contribution in [1.82, 2.24) is 0 Å². The van der Waals surface area contributed by atoms with E-state index in [2.05, 4.69) is 24.3 Å². The number of hydrogen-bond acceptors (Lipinski definition) is 4. The third-order valence-electron chi connectivity index (χ3n) is 9.09. The molecule has 3 aromatic carbocycles. The Morgan fingerprint density at radius 2 is 1.79 bits per heavy atom. The highest BCUT2D eigenvalue weighted by atomic mass is 16.7. The minimum absolute atomic E-state index is 0.248. The maximum absolute atomic E-state index is 11.3. The van der Waals surface area contributed by atoms with Crippen molar-refractivity contribution in [2.24, 2.45) is 17.3 Å². The third-order valence-corrected chi connectivity index (χ3v) is 9.09. The molecule has 8 rings (SSSR count). The highest BCUT2D eigenvalue weighted by Gasteiger charge is 2.73. The zero-order valence-corrected chi connectivity index (χ0v) is 18.2. The quantitative estimate of drug-likeness (QED) is 0.563.